The number of alkyl halides is 2. The summed E-state index contributed by atoms with van der Waals surface area (Å²) >= 11 is 0. The third-order valence-electron chi connectivity index (χ3n) is 3.66. The van der Waals surface area contributed by atoms with Crippen molar-refractivity contribution in [2.45, 2.75) is 19.0 Å². The maximum Gasteiger partial charge on any atom is 0.256 e. The van der Waals surface area contributed by atoms with Crippen LogP contribution in [-0.2, 0) is 16.1 Å². The maximum atomic E-state index is 13.5. The van der Waals surface area contributed by atoms with Gasteiger partial charge in [-0.3, -0.25) is 4.79 Å². The number of hydrogen-bond acceptors (Lipinski definition) is 3. The molecule has 6 heteroatoms. The number of hydrogen-bond donors (Lipinski definition) is 1. The Hall–Kier alpha value is -1.53. The summed E-state index contributed by atoms with van der Waals surface area (Å²) < 4.78 is 32.2. The van der Waals surface area contributed by atoms with Crippen molar-refractivity contribution in [2.75, 3.05) is 26.3 Å². The first-order chi connectivity index (χ1) is 10.0. The summed E-state index contributed by atoms with van der Waals surface area (Å²) in [6, 6.07) is 9.40. The standard InChI is InChI=1S/C15H19F2NO3/c16-15(17)6-7-18(8-13(15)9-19)14(20)11-21-10-12-4-2-1-3-5-12/h1-5,13,19H,6-11H2. The zero-order valence-electron chi connectivity index (χ0n) is 11.7. The van der Waals surface area contributed by atoms with Gasteiger partial charge in [-0.15, -0.1) is 0 Å². The number of halogens is 2. The van der Waals surface area contributed by atoms with E-state index in [1.807, 2.05) is 30.3 Å². The summed E-state index contributed by atoms with van der Waals surface area (Å²) in [6.07, 6.45) is -0.414. The first-order valence-corrected chi connectivity index (χ1v) is 6.91. The summed E-state index contributed by atoms with van der Waals surface area (Å²) in [7, 11) is 0. The predicted octanol–water partition coefficient (Wildman–Crippen LogP) is 1.68. The number of aliphatic hydroxyl groups excluding tert-OH is 1. The van der Waals surface area contributed by atoms with Crippen molar-refractivity contribution in [3.05, 3.63) is 35.9 Å². The maximum absolute atomic E-state index is 13.5. The molecule has 116 valence electrons. The molecule has 1 unspecified atom stereocenters. The normalized spacial score (nSPS) is 21.3. The summed E-state index contributed by atoms with van der Waals surface area (Å²) in [6.45, 7) is -0.589. The molecular weight excluding hydrogens is 280 g/mol. The van der Waals surface area contributed by atoms with Crippen molar-refractivity contribution in [1.82, 2.24) is 4.90 Å². The molecule has 1 amide bonds. The van der Waals surface area contributed by atoms with Gasteiger partial charge in [0, 0.05) is 19.5 Å². The molecular formula is C15H19F2NO3. The van der Waals surface area contributed by atoms with Gasteiger partial charge in [-0.1, -0.05) is 30.3 Å². The first kappa shape index (κ1) is 15.9. The minimum absolute atomic E-state index is 0.00295. The predicted molar refractivity (Wildman–Crippen MR) is 72.8 cm³/mol. The number of rotatable bonds is 5. The zero-order chi connectivity index (χ0) is 15.3. The highest BCUT2D eigenvalue weighted by atomic mass is 19.3. The van der Waals surface area contributed by atoms with Gasteiger partial charge >= 0.3 is 0 Å². The van der Waals surface area contributed by atoms with Gasteiger partial charge in [0.05, 0.1) is 19.1 Å². The molecule has 4 nitrogen and oxygen atoms in total. The van der Waals surface area contributed by atoms with Crippen LogP contribution in [0.25, 0.3) is 0 Å². The van der Waals surface area contributed by atoms with Gasteiger partial charge in [0.2, 0.25) is 5.91 Å². The average molecular weight is 299 g/mol. The fraction of sp³-hybridized carbons (Fsp3) is 0.533. The first-order valence-electron chi connectivity index (χ1n) is 6.91. The summed E-state index contributed by atoms with van der Waals surface area (Å²) in [4.78, 5) is 13.3. The second-order valence-electron chi connectivity index (χ2n) is 5.21. The van der Waals surface area contributed by atoms with Crippen molar-refractivity contribution >= 4 is 5.91 Å². The number of benzene rings is 1. The Labute approximate surface area is 122 Å². The van der Waals surface area contributed by atoms with Gasteiger partial charge < -0.3 is 14.7 Å². The molecule has 2 rings (SSSR count). The molecule has 1 atom stereocenters. The van der Waals surface area contributed by atoms with Crippen molar-refractivity contribution in [1.29, 1.82) is 0 Å². The largest absolute Gasteiger partial charge is 0.396 e. The highest BCUT2D eigenvalue weighted by Crippen LogP contribution is 2.33. The van der Waals surface area contributed by atoms with Crippen LogP contribution in [0.3, 0.4) is 0 Å². The molecule has 1 fully saturated rings. The Bertz CT molecular complexity index is 467. The number of carbonyl (C=O) groups is 1. The Balaban J connectivity index is 1.79. The van der Waals surface area contributed by atoms with Crippen LogP contribution in [0.5, 0.6) is 0 Å². The molecule has 1 heterocycles. The highest BCUT2D eigenvalue weighted by molar-refractivity contribution is 5.77. The number of likely N-dealkylation sites (tertiary alicyclic amines) is 1. The third-order valence-corrected chi connectivity index (χ3v) is 3.66. The van der Waals surface area contributed by atoms with Gasteiger partial charge in [0.15, 0.2) is 0 Å². The minimum atomic E-state index is -2.91. The molecule has 0 spiro atoms. The van der Waals surface area contributed by atoms with E-state index in [2.05, 4.69) is 0 Å². The molecule has 21 heavy (non-hydrogen) atoms. The van der Waals surface area contributed by atoms with Crippen LogP contribution >= 0.6 is 0 Å². The third kappa shape index (κ3) is 4.22. The summed E-state index contributed by atoms with van der Waals surface area (Å²) in [5.74, 6) is -4.42. The van der Waals surface area contributed by atoms with E-state index in [9.17, 15) is 13.6 Å². The van der Waals surface area contributed by atoms with E-state index in [0.717, 1.165) is 5.56 Å². The lowest BCUT2D eigenvalue weighted by atomic mass is 9.94. The van der Waals surface area contributed by atoms with E-state index in [-0.39, 0.29) is 25.6 Å². The SMILES string of the molecule is O=C(COCc1ccccc1)N1CCC(F)(F)C(CO)C1. The van der Waals surface area contributed by atoms with Crippen molar-refractivity contribution in [3.63, 3.8) is 0 Å². The molecule has 0 saturated carbocycles. The Morgan fingerprint density at radius 3 is 2.76 bits per heavy atom. The fourth-order valence-electron chi connectivity index (χ4n) is 2.32. The van der Waals surface area contributed by atoms with E-state index in [1.54, 1.807) is 0 Å². The van der Waals surface area contributed by atoms with E-state index in [0.29, 0.717) is 6.61 Å². The smallest absolute Gasteiger partial charge is 0.256 e. The second-order valence-corrected chi connectivity index (χ2v) is 5.21. The molecule has 1 aliphatic rings. The monoisotopic (exact) mass is 299 g/mol. The lowest BCUT2D eigenvalue weighted by Crippen LogP contribution is -2.51. The van der Waals surface area contributed by atoms with Crippen molar-refractivity contribution in [2.24, 2.45) is 5.92 Å². The Kier molecular flexibility index (Phi) is 5.25. The van der Waals surface area contributed by atoms with Crippen LogP contribution in [0.2, 0.25) is 0 Å². The van der Waals surface area contributed by atoms with Gasteiger partial charge in [-0.25, -0.2) is 8.78 Å². The molecule has 1 aliphatic heterocycles. The van der Waals surface area contributed by atoms with Crippen LogP contribution < -0.4 is 0 Å². The molecule has 1 saturated heterocycles. The Morgan fingerprint density at radius 1 is 1.38 bits per heavy atom. The van der Waals surface area contributed by atoms with Gasteiger partial charge in [0.25, 0.3) is 5.92 Å². The van der Waals surface area contributed by atoms with Crippen LogP contribution in [0.4, 0.5) is 8.78 Å². The molecule has 0 radical (unpaired) electrons. The molecule has 1 N–H and O–H groups in total. The van der Waals surface area contributed by atoms with E-state index < -0.39 is 24.9 Å². The summed E-state index contributed by atoms with van der Waals surface area (Å²) in [5, 5.41) is 9.00. The number of carbonyl (C=O) groups excluding carboxylic acids is 1. The van der Waals surface area contributed by atoms with Crippen molar-refractivity contribution in [3.8, 4) is 0 Å². The number of aliphatic hydroxyl groups is 1. The van der Waals surface area contributed by atoms with Crippen LogP contribution in [-0.4, -0.2) is 48.1 Å². The minimum Gasteiger partial charge on any atom is -0.396 e. The fourth-order valence-corrected chi connectivity index (χ4v) is 2.32. The average Bonchev–Trinajstić information content (AvgIpc) is 2.48. The molecule has 1 aromatic carbocycles. The van der Waals surface area contributed by atoms with E-state index in [1.165, 1.54) is 4.90 Å². The summed E-state index contributed by atoms with van der Waals surface area (Å²) in [5.41, 5.74) is 0.948. The molecule has 0 bridgehead atoms. The number of piperidine rings is 1. The lowest BCUT2D eigenvalue weighted by molar-refractivity contribution is -0.153. The molecule has 1 aromatic rings. The van der Waals surface area contributed by atoms with Gasteiger partial charge in [0.1, 0.15) is 6.61 Å². The van der Waals surface area contributed by atoms with Crippen LogP contribution in [0, 0.1) is 5.92 Å². The number of amides is 1. The second kappa shape index (κ2) is 6.95. The Morgan fingerprint density at radius 2 is 2.10 bits per heavy atom. The quantitative estimate of drug-likeness (QED) is 0.900. The number of nitrogens with zero attached hydrogens (tertiary/aromatic N) is 1. The zero-order valence-corrected chi connectivity index (χ0v) is 11.7. The highest BCUT2D eigenvalue weighted by Gasteiger charge is 2.44. The van der Waals surface area contributed by atoms with Gasteiger partial charge in [-0.05, 0) is 5.56 Å². The van der Waals surface area contributed by atoms with E-state index >= 15 is 0 Å². The molecule has 0 aliphatic carbocycles. The topological polar surface area (TPSA) is 49.8 Å². The van der Waals surface area contributed by atoms with Gasteiger partial charge in [-0.2, -0.15) is 0 Å². The van der Waals surface area contributed by atoms with E-state index in [4.69, 9.17) is 9.84 Å². The van der Waals surface area contributed by atoms with Crippen molar-refractivity contribution < 1.29 is 23.4 Å². The lowest BCUT2D eigenvalue weighted by Gasteiger charge is -2.37. The molecule has 0 aromatic heterocycles. The van der Waals surface area contributed by atoms with Crippen LogP contribution in [0.1, 0.15) is 12.0 Å². The number of ether oxygens (including phenoxy) is 1. The van der Waals surface area contributed by atoms with Crippen LogP contribution in [0.15, 0.2) is 30.3 Å².